The Morgan fingerprint density at radius 2 is 2.06 bits per heavy atom. The van der Waals surface area contributed by atoms with Crippen LogP contribution in [0.25, 0.3) is 0 Å². The SMILES string of the molecule is CCOc1cccnc1N(N)C1=C(N)C(C)N(C(=O)c2cccc(C(F)(F)F)c2Cl)CC1. The Hall–Kier alpha value is -2.98. The van der Waals surface area contributed by atoms with E-state index in [-0.39, 0.29) is 18.5 Å². The fourth-order valence-corrected chi connectivity index (χ4v) is 3.85. The first-order chi connectivity index (χ1) is 15.1. The predicted octanol–water partition coefficient (Wildman–Crippen LogP) is 3.94. The predicted molar refractivity (Wildman–Crippen MR) is 115 cm³/mol. The number of aromatic nitrogens is 1. The Morgan fingerprint density at radius 1 is 1.34 bits per heavy atom. The molecule has 1 aromatic carbocycles. The molecule has 1 aromatic heterocycles. The zero-order valence-corrected chi connectivity index (χ0v) is 18.2. The molecule has 1 aliphatic rings. The Balaban J connectivity index is 1.91. The smallest absolute Gasteiger partial charge is 0.417 e. The first-order valence-corrected chi connectivity index (χ1v) is 10.2. The van der Waals surface area contributed by atoms with Crippen LogP contribution in [0.4, 0.5) is 19.0 Å². The molecule has 0 aliphatic carbocycles. The molecule has 0 saturated heterocycles. The molecular weight excluding hydrogens is 447 g/mol. The minimum Gasteiger partial charge on any atom is -0.490 e. The molecule has 0 spiro atoms. The average Bonchev–Trinajstić information content (AvgIpc) is 2.74. The van der Waals surface area contributed by atoms with Crippen LogP contribution in [-0.4, -0.2) is 35.0 Å². The van der Waals surface area contributed by atoms with Crippen LogP contribution in [0.15, 0.2) is 47.9 Å². The van der Waals surface area contributed by atoms with E-state index in [2.05, 4.69) is 4.98 Å². The van der Waals surface area contributed by atoms with E-state index in [1.807, 2.05) is 6.92 Å². The maximum Gasteiger partial charge on any atom is 0.417 e. The summed E-state index contributed by atoms with van der Waals surface area (Å²) in [6.07, 6.45) is -2.85. The second-order valence-corrected chi connectivity index (χ2v) is 7.50. The van der Waals surface area contributed by atoms with Crippen molar-refractivity contribution in [2.75, 3.05) is 18.2 Å². The standard InChI is InChI=1S/C21H23ClF3N5O2/c1-3-32-16-8-5-10-28-19(16)30(27)15-9-11-29(12(2)18(15)26)20(31)13-6-4-7-14(17(13)22)21(23,24)25/h4-8,10,12H,3,9,11,26-27H2,1-2H3. The van der Waals surface area contributed by atoms with E-state index in [4.69, 9.17) is 27.9 Å². The third-order valence-electron chi connectivity index (χ3n) is 5.21. The summed E-state index contributed by atoms with van der Waals surface area (Å²) in [7, 11) is 0. The lowest BCUT2D eigenvalue weighted by molar-refractivity contribution is -0.137. The quantitative estimate of drug-likeness (QED) is 0.508. The fourth-order valence-electron chi connectivity index (χ4n) is 3.54. The number of halogens is 4. The van der Waals surface area contributed by atoms with Crippen molar-refractivity contribution in [3.8, 4) is 5.75 Å². The summed E-state index contributed by atoms with van der Waals surface area (Å²) in [5, 5.41) is 0.677. The van der Waals surface area contributed by atoms with Crippen LogP contribution in [0.5, 0.6) is 5.75 Å². The Bertz CT molecular complexity index is 1040. The highest BCUT2D eigenvalue weighted by molar-refractivity contribution is 6.34. The molecular formula is C21H23ClF3N5O2. The van der Waals surface area contributed by atoms with Crippen LogP contribution in [0.1, 0.15) is 36.2 Å². The minimum absolute atomic E-state index is 0.174. The van der Waals surface area contributed by atoms with Crippen molar-refractivity contribution >= 4 is 23.3 Å². The maximum atomic E-state index is 13.2. The third-order valence-corrected chi connectivity index (χ3v) is 5.61. The number of carbonyl (C=O) groups excluding carboxylic acids is 1. The van der Waals surface area contributed by atoms with Crippen molar-refractivity contribution in [2.24, 2.45) is 11.6 Å². The van der Waals surface area contributed by atoms with Gasteiger partial charge in [-0.25, -0.2) is 10.8 Å². The van der Waals surface area contributed by atoms with Gasteiger partial charge in [0.15, 0.2) is 11.6 Å². The van der Waals surface area contributed by atoms with Gasteiger partial charge in [-0.3, -0.25) is 9.80 Å². The molecule has 2 heterocycles. The largest absolute Gasteiger partial charge is 0.490 e. The highest BCUT2D eigenvalue weighted by Gasteiger charge is 2.37. The molecule has 4 N–H and O–H groups in total. The molecule has 7 nitrogen and oxygen atoms in total. The number of nitrogens with zero attached hydrogens (tertiary/aromatic N) is 3. The molecule has 11 heteroatoms. The summed E-state index contributed by atoms with van der Waals surface area (Å²) >= 11 is 5.94. The van der Waals surface area contributed by atoms with Crippen molar-refractivity contribution in [1.29, 1.82) is 0 Å². The number of hydrazine groups is 1. The number of alkyl halides is 3. The van der Waals surface area contributed by atoms with Crippen LogP contribution >= 0.6 is 11.6 Å². The van der Waals surface area contributed by atoms with Gasteiger partial charge in [-0.2, -0.15) is 13.2 Å². The molecule has 3 rings (SSSR count). The summed E-state index contributed by atoms with van der Waals surface area (Å²) in [6, 6.07) is 6.05. The van der Waals surface area contributed by atoms with E-state index < -0.39 is 28.7 Å². The number of hydrogen-bond donors (Lipinski definition) is 2. The van der Waals surface area contributed by atoms with Crippen LogP contribution in [0.2, 0.25) is 5.02 Å². The topological polar surface area (TPSA) is 97.7 Å². The Morgan fingerprint density at radius 3 is 2.72 bits per heavy atom. The highest BCUT2D eigenvalue weighted by atomic mass is 35.5. The summed E-state index contributed by atoms with van der Waals surface area (Å²) in [4.78, 5) is 18.7. The van der Waals surface area contributed by atoms with Gasteiger partial charge in [0.25, 0.3) is 5.91 Å². The molecule has 32 heavy (non-hydrogen) atoms. The molecule has 1 atom stereocenters. The number of benzene rings is 1. The van der Waals surface area contributed by atoms with Gasteiger partial charge in [-0.05, 0) is 38.1 Å². The van der Waals surface area contributed by atoms with Crippen LogP contribution in [0.3, 0.4) is 0 Å². The fraction of sp³-hybridized carbons (Fsp3) is 0.333. The van der Waals surface area contributed by atoms with Gasteiger partial charge in [0.2, 0.25) is 0 Å². The van der Waals surface area contributed by atoms with Gasteiger partial charge in [-0.1, -0.05) is 17.7 Å². The number of rotatable bonds is 5. The van der Waals surface area contributed by atoms with Crippen molar-refractivity contribution in [3.05, 3.63) is 64.1 Å². The monoisotopic (exact) mass is 469 g/mol. The molecule has 1 aliphatic heterocycles. The molecule has 2 aromatic rings. The van der Waals surface area contributed by atoms with Crippen LogP contribution in [-0.2, 0) is 6.18 Å². The number of pyridine rings is 1. The van der Waals surface area contributed by atoms with Gasteiger partial charge in [0, 0.05) is 19.2 Å². The normalized spacial score (nSPS) is 16.8. The zero-order chi connectivity index (χ0) is 23.6. The highest BCUT2D eigenvalue weighted by Crippen LogP contribution is 2.37. The van der Waals surface area contributed by atoms with E-state index in [0.717, 1.165) is 12.1 Å². The molecule has 0 fully saturated rings. The van der Waals surface area contributed by atoms with Gasteiger partial charge >= 0.3 is 6.18 Å². The van der Waals surface area contributed by atoms with Gasteiger partial charge in [-0.15, -0.1) is 0 Å². The van der Waals surface area contributed by atoms with Crippen molar-refractivity contribution < 1.29 is 22.7 Å². The lowest BCUT2D eigenvalue weighted by Gasteiger charge is -2.38. The van der Waals surface area contributed by atoms with E-state index >= 15 is 0 Å². The van der Waals surface area contributed by atoms with Crippen molar-refractivity contribution in [2.45, 2.75) is 32.5 Å². The first kappa shape index (κ1) is 23.7. The van der Waals surface area contributed by atoms with E-state index in [0.29, 0.717) is 29.6 Å². The lowest BCUT2D eigenvalue weighted by atomic mass is 10.0. The molecule has 172 valence electrons. The summed E-state index contributed by atoms with van der Waals surface area (Å²) in [5.74, 6) is 6.47. The molecule has 0 radical (unpaired) electrons. The Labute approximate surface area is 188 Å². The second-order valence-electron chi connectivity index (χ2n) is 7.12. The Kier molecular flexibility index (Phi) is 6.85. The van der Waals surface area contributed by atoms with Crippen LogP contribution < -0.4 is 21.3 Å². The van der Waals surface area contributed by atoms with E-state index in [9.17, 15) is 18.0 Å². The van der Waals surface area contributed by atoms with Gasteiger partial charge < -0.3 is 15.4 Å². The number of hydrogen-bond acceptors (Lipinski definition) is 6. The maximum absolute atomic E-state index is 13.2. The second kappa shape index (κ2) is 9.25. The zero-order valence-electron chi connectivity index (χ0n) is 17.5. The van der Waals surface area contributed by atoms with Gasteiger partial charge in [0.1, 0.15) is 0 Å². The average molecular weight is 470 g/mol. The number of carbonyl (C=O) groups is 1. The summed E-state index contributed by atoms with van der Waals surface area (Å²) in [6.45, 7) is 4.09. The van der Waals surface area contributed by atoms with E-state index in [1.54, 1.807) is 25.3 Å². The van der Waals surface area contributed by atoms with E-state index in [1.165, 1.54) is 16.0 Å². The third kappa shape index (κ3) is 4.46. The number of nitrogens with two attached hydrogens (primary N) is 2. The molecule has 0 bridgehead atoms. The molecule has 1 unspecified atom stereocenters. The molecule has 0 saturated carbocycles. The van der Waals surface area contributed by atoms with Crippen molar-refractivity contribution in [3.63, 3.8) is 0 Å². The lowest BCUT2D eigenvalue weighted by Crippen LogP contribution is -2.49. The minimum atomic E-state index is -4.67. The first-order valence-electron chi connectivity index (χ1n) is 9.85. The molecule has 1 amide bonds. The van der Waals surface area contributed by atoms with Crippen LogP contribution in [0, 0.1) is 0 Å². The van der Waals surface area contributed by atoms with Crippen molar-refractivity contribution in [1.82, 2.24) is 9.88 Å². The summed E-state index contributed by atoms with van der Waals surface area (Å²) in [5.41, 5.74) is 5.84. The number of ether oxygens (including phenoxy) is 1. The number of anilines is 1. The van der Waals surface area contributed by atoms with Gasteiger partial charge in [0.05, 0.1) is 40.2 Å². The summed E-state index contributed by atoms with van der Waals surface area (Å²) < 4.78 is 45.1. The number of amides is 1.